The summed E-state index contributed by atoms with van der Waals surface area (Å²) in [5, 5.41) is 2.84. The van der Waals surface area contributed by atoms with Crippen LogP contribution < -0.4 is 5.32 Å². The molecule has 0 radical (unpaired) electrons. The molecule has 0 unspecified atom stereocenters. The Morgan fingerprint density at radius 3 is 2.72 bits per heavy atom. The summed E-state index contributed by atoms with van der Waals surface area (Å²) < 4.78 is 1.97. The molecule has 3 nitrogen and oxygen atoms in total. The molecule has 1 aromatic heterocycles. The minimum Gasteiger partial charge on any atom is -0.321 e. The molecular weight excluding hydrogens is 407 g/mol. The molecule has 1 aromatic carbocycles. The molecule has 2 rings (SSSR count). The molecule has 0 atom stereocenters. The first kappa shape index (κ1) is 13.5. The van der Waals surface area contributed by atoms with E-state index in [4.69, 9.17) is 0 Å². The van der Waals surface area contributed by atoms with E-state index in [-0.39, 0.29) is 5.91 Å². The van der Waals surface area contributed by atoms with Crippen LogP contribution in [0, 0.1) is 10.5 Å². The predicted octanol–water partition coefficient (Wildman–Crippen LogP) is 4.01. The van der Waals surface area contributed by atoms with Crippen molar-refractivity contribution in [1.82, 2.24) is 4.98 Å². The van der Waals surface area contributed by atoms with Gasteiger partial charge in [-0.25, -0.2) is 0 Å². The molecule has 1 heterocycles. The average molecular weight is 417 g/mol. The first-order chi connectivity index (χ1) is 8.56. The Kier molecular flexibility index (Phi) is 4.34. The molecule has 0 aliphatic rings. The van der Waals surface area contributed by atoms with Crippen LogP contribution in [0.1, 0.15) is 16.1 Å². The number of aromatic nitrogens is 1. The van der Waals surface area contributed by atoms with E-state index in [0.717, 1.165) is 19.4 Å². The summed E-state index contributed by atoms with van der Waals surface area (Å²) in [6, 6.07) is 9.33. The van der Waals surface area contributed by atoms with E-state index in [2.05, 4.69) is 48.8 Å². The second-order valence-electron chi connectivity index (χ2n) is 3.77. The Bertz CT molecular complexity index is 584. The number of rotatable bonds is 2. The molecule has 0 spiro atoms. The van der Waals surface area contributed by atoms with Crippen molar-refractivity contribution in [2.24, 2.45) is 0 Å². The summed E-state index contributed by atoms with van der Waals surface area (Å²) in [4.78, 5) is 16.1. The molecule has 1 N–H and O–H groups in total. The molecule has 1 amide bonds. The summed E-state index contributed by atoms with van der Waals surface area (Å²) in [6.07, 6.45) is 1.57. The highest BCUT2D eigenvalue weighted by molar-refractivity contribution is 14.1. The number of hydrogen-bond acceptors (Lipinski definition) is 2. The van der Waals surface area contributed by atoms with E-state index in [1.807, 2.05) is 31.2 Å². The lowest BCUT2D eigenvalue weighted by Crippen LogP contribution is -2.12. The van der Waals surface area contributed by atoms with Crippen molar-refractivity contribution in [3.8, 4) is 0 Å². The van der Waals surface area contributed by atoms with Crippen molar-refractivity contribution in [2.75, 3.05) is 5.32 Å². The van der Waals surface area contributed by atoms with Gasteiger partial charge in [-0.15, -0.1) is 0 Å². The lowest BCUT2D eigenvalue weighted by Gasteiger charge is -2.07. The van der Waals surface area contributed by atoms with Crippen LogP contribution >= 0.6 is 38.5 Å². The van der Waals surface area contributed by atoms with Gasteiger partial charge in [-0.05, 0) is 75.8 Å². The van der Waals surface area contributed by atoms with E-state index in [0.29, 0.717) is 5.56 Å². The molecular formula is C13H10BrIN2O. The van der Waals surface area contributed by atoms with Gasteiger partial charge >= 0.3 is 0 Å². The molecule has 2 aromatic rings. The number of nitrogens with one attached hydrogen (secondary N) is 1. The largest absolute Gasteiger partial charge is 0.321 e. The second kappa shape index (κ2) is 5.79. The third-order valence-electron chi connectivity index (χ3n) is 2.35. The fourth-order valence-electron chi connectivity index (χ4n) is 1.39. The Morgan fingerprint density at radius 2 is 2.11 bits per heavy atom. The predicted molar refractivity (Wildman–Crippen MR) is 83.8 cm³/mol. The fraction of sp³-hybridized carbons (Fsp3) is 0.0769. The van der Waals surface area contributed by atoms with Crippen LogP contribution in [-0.4, -0.2) is 10.9 Å². The van der Waals surface area contributed by atoms with Gasteiger partial charge in [0.05, 0.1) is 11.3 Å². The number of carbonyl (C=O) groups is 1. The molecule has 0 saturated carbocycles. The quantitative estimate of drug-likeness (QED) is 0.751. The molecule has 5 heteroatoms. The highest BCUT2D eigenvalue weighted by Crippen LogP contribution is 2.24. The van der Waals surface area contributed by atoms with Gasteiger partial charge < -0.3 is 5.32 Å². The van der Waals surface area contributed by atoms with Gasteiger partial charge in [0.25, 0.3) is 5.91 Å². The fourth-order valence-corrected chi connectivity index (χ4v) is 2.78. The standard InChI is InChI=1S/C13H10BrIN2O/c1-8-2-3-9(7-16-8)13(18)17-12-5-4-10(15)6-11(12)14/h2-7H,1H3,(H,17,18). The Balaban J connectivity index is 2.18. The Morgan fingerprint density at radius 1 is 1.33 bits per heavy atom. The maximum atomic E-state index is 12.0. The maximum Gasteiger partial charge on any atom is 0.257 e. The van der Waals surface area contributed by atoms with Crippen molar-refractivity contribution in [3.05, 3.63) is 55.8 Å². The second-order valence-corrected chi connectivity index (χ2v) is 5.87. The zero-order chi connectivity index (χ0) is 13.1. The van der Waals surface area contributed by atoms with Gasteiger partial charge in [-0.3, -0.25) is 9.78 Å². The number of amides is 1. The monoisotopic (exact) mass is 416 g/mol. The first-order valence-corrected chi connectivity index (χ1v) is 7.12. The van der Waals surface area contributed by atoms with Crippen molar-refractivity contribution < 1.29 is 4.79 Å². The molecule has 0 fully saturated rings. The molecule has 0 saturated heterocycles. The lowest BCUT2D eigenvalue weighted by atomic mass is 10.2. The SMILES string of the molecule is Cc1ccc(C(=O)Nc2ccc(I)cc2Br)cn1. The molecule has 0 bridgehead atoms. The van der Waals surface area contributed by atoms with Crippen LogP contribution in [0.4, 0.5) is 5.69 Å². The lowest BCUT2D eigenvalue weighted by molar-refractivity contribution is 0.102. The number of nitrogens with zero attached hydrogens (tertiary/aromatic N) is 1. The van der Waals surface area contributed by atoms with Gasteiger partial charge in [-0.1, -0.05) is 0 Å². The zero-order valence-electron chi connectivity index (χ0n) is 9.58. The summed E-state index contributed by atoms with van der Waals surface area (Å²) >= 11 is 5.64. The highest BCUT2D eigenvalue weighted by Gasteiger charge is 2.08. The van der Waals surface area contributed by atoms with Gasteiger partial charge in [0.1, 0.15) is 0 Å². The average Bonchev–Trinajstić information content (AvgIpc) is 2.33. The molecule has 92 valence electrons. The number of carbonyl (C=O) groups excluding carboxylic acids is 1. The summed E-state index contributed by atoms with van der Waals surface area (Å²) in [5.41, 5.74) is 2.19. The summed E-state index contributed by atoms with van der Waals surface area (Å²) in [7, 11) is 0. The van der Waals surface area contributed by atoms with Crippen LogP contribution in [0.15, 0.2) is 41.0 Å². The third kappa shape index (κ3) is 3.29. The van der Waals surface area contributed by atoms with Crippen molar-refractivity contribution in [2.45, 2.75) is 6.92 Å². The van der Waals surface area contributed by atoms with Gasteiger partial charge in [-0.2, -0.15) is 0 Å². The first-order valence-electron chi connectivity index (χ1n) is 5.25. The van der Waals surface area contributed by atoms with E-state index < -0.39 is 0 Å². The highest BCUT2D eigenvalue weighted by atomic mass is 127. The van der Waals surface area contributed by atoms with E-state index in [1.165, 1.54) is 0 Å². The van der Waals surface area contributed by atoms with Gasteiger partial charge in [0.15, 0.2) is 0 Å². The zero-order valence-corrected chi connectivity index (χ0v) is 13.3. The number of pyridine rings is 1. The number of hydrogen-bond donors (Lipinski definition) is 1. The van der Waals surface area contributed by atoms with Crippen LogP contribution in [0.2, 0.25) is 0 Å². The smallest absolute Gasteiger partial charge is 0.257 e. The molecule has 0 aliphatic heterocycles. The van der Waals surface area contributed by atoms with Crippen molar-refractivity contribution in [3.63, 3.8) is 0 Å². The van der Waals surface area contributed by atoms with Crippen LogP contribution in [-0.2, 0) is 0 Å². The third-order valence-corrected chi connectivity index (χ3v) is 3.68. The topological polar surface area (TPSA) is 42.0 Å². The Hall–Kier alpha value is -0.950. The molecule has 0 aliphatic carbocycles. The van der Waals surface area contributed by atoms with Crippen molar-refractivity contribution >= 4 is 50.1 Å². The number of anilines is 1. The minimum atomic E-state index is -0.163. The normalized spacial score (nSPS) is 10.2. The van der Waals surface area contributed by atoms with Gasteiger partial charge in [0, 0.05) is 19.9 Å². The van der Waals surface area contributed by atoms with E-state index in [9.17, 15) is 4.79 Å². The van der Waals surface area contributed by atoms with E-state index in [1.54, 1.807) is 12.3 Å². The number of halogens is 2. The van der Waals surface area contributed by atoms with Gasteiger partial charge in [0.2, 0.25) is 0 Å². The van der Waals surface area contributed by atoms with E-state index >= 15 is 0 Å². The van der Waals surface area contributed by atoms with Crippen LogP contribution in [0.5, 0.6) is 0 Å². The number of benzene rings is 1. The summed E-state index contributed by atoms with van der Waals surface area (Å²) in [6.45, 7) is 1.89. The van der Waals surface area contributed by atoms with Crippen LogP contribution in [0.3, 0.4) is 0 Å². The number of aryl methyl sites for hydroxylation is 1. The molecule has 18 heavy (non-hydrogen) atoms. The van der Waals surface area contributed by atoms with Crippen LogP contribution in [0.25, 0.3) is 0 Å². The Labute approximate surface area is 127 Å². The minimum absolute atomic E-state index is 0.163. The maximum absolute atomic E-state index is 12.0. The van der Waals surface area contributed by atoms with Crippen molar-refractivity contribution in [1.29, 1.82) is 0 Å². The summed E-state index contributed by atoms with van der Waals surface area (Å²) in [5.74, 6) is -0.163.